The summed E-state index contributed by atoms with van der Waals surface area (Å²) >= 11 is 0. The third kappa shape index (κ3) is 4.81. The second kappa shape index (κ2) is 7.16. The summed E-state index contributed by atoms with van der Waals surface area (Å²) in [5.41, 5.74) is 1.97. The van der Waals surface area contributed by atoms with Crippen molar-refractivity contribution in [1.29, 1.82) is 0 Å². The van der Waals surface area contributed by atoms with Gasteiger partial charge in [0.2, 0.25) is 0 Å². The van der Waals surface area contributed by atoms with Gasteiger partial charge in [-0.3, -0.25) is 9.59 Å². The van der Waals surface area contributed by atoms with E-state index in [1.54, 1.807) is 6.92 Å². The minimum Gasteiger partial charge on any atom is -0.466 e. The van der Waals surface area contributed by atoms with Gasteiger partial charge in [-0.05, 0) is 42.9 Å². The fourth-order valence-corrected chi connectivity index (χ4v) is 2.56. The highest BCUT2D eigenvalue weighted by atomic mass is 16.5. The van der Waals surface area contributed by atoms with Gasteiger partial charge in [0.25, 0.3) is 5.91 Å². The van der Waals surface area contributed by atoms with Gasteiger partial charge in [0.15, 0.2) is 0 Å². The Labute approximate surface area is 138 Å². The van der Waals surface area contributed by atoms with Crippen LogP contribution in [-0.4, -0.2) is 36.0 Å². The number of rotatable bonds is 6. The van der Waals surface area contributed by atoms with Crippen LogP contribution >= 0.6 is 0 Å². The molecular formula is C19H27NO3. The van der Waals surface area contributed by atoms with Crippen molar-refractivity contribution in [3.63, 3.8) is 0 Å². The standard InChI is InChI=1S/C19H27NO3/c1-5-23-17(21)12-13-20(16-10-11-16)18(22)14-6-8-15(9-7-14)19(2,3)4/h6-9,16H,5,10-13H2,1-4H3. The van der Waals surface area contributed by atoms with Gasteiger partial charge in [0.05, 0.1) is 13.0 Å². The summed E-state index contributed by atoms with van der Waals surface area (Å²) in [4.78, 5) is 26.1. The molecule has 126 valence electrons. The van der Waals surface area contributed by atoms with Crippen LogP contribution in [0.4, 0.5) is 0 Å². The van der Waals surface area contributed by atoms with Crippen LogP contribution in [0.15, 0.2) is 24.3 Å². The fraction of sp³-hybridized carbons (Fsp3) is 0.579. The SMILES string of the molecule is CCOC(=O)CCN(C(=O)c1ccc(C(C)(C)C)cc1)C1CC1. The molecule has 4 heteroatoms. The first-order valence-corrected chi connectivity index (χ1v) is 8.40. The van der Waals surface area contributed by atoms with Gasteiger partial charge >= 0.3 is 5.97 Å². The normalized spacial score (nSPS) is 14.4. The van der Waals surface area contributed by atoms with Gasteiger partial charge in [-0.15, -0.1) is 0 Å². The molecule has 1 amide bonds. The molecule has 0 aliphatic heterocycles. The first-order valence-electron chi connectivity index (χ1n) is 8.40. The number of benzene rings is 1. The Bertz CT molecular complexity index is 553. The predicted molar refractivity (Wildman–Crippen MR) is 90.5 cm³/mol. The van der Waals surface area contributed by atoms with Crippen LogP contribution in [0, 0.1) is 0 Å². The number of nitrogens with zero attached hydrogens (tertiary/aromatic N) is 1. The number of amides is 1. The van der Waals surface area contributed by atoms with Crippen molar-refractivity contribution >= 4 is 11.9 Å². The average Bonchev–Trinajstić information content (AvgIpc) is 3.31. The first-order chi connectivity index (χ1) is 10.8. The molecule has 0 bridgehead atoms. The molecule has 0 saturated heterocycles. The van der Waals surface area contributed by atoms with Gasteiger partial charge in [0, 0.05) is 18.2 Å². The molecule has 0 heterocycles. The molecule has 1 saturated carbocycles. The van der Waals surface area contributed by atoms with E-state index in [4.69, 9.17) is 4.74 Å². The molecule has 1 aromatic rings. The summed E-state index contributed by atoms with van der Waals surface area (Å²) in [6.45, 7) is 9.06. The smallest absolute Gasteiger partial charge is 0.307 e. The number of ether oxygens (including phenoxy) is 1. The number of esters is 1. The summed E-state index contributed by atoms with van der Waals surface area (Å²) in [5.74, 6) is -0.230. The summed E-state index contributed by atoms with van der Waals surface area (Å²) < 4.78 is 4.95. The zero-order chi connectivity index (χ0) is 17.0. The number of hydrogen-bond donors (Lipinski definition) is 0. The number of hydrogen-bond acceptors (Lipinski definition) is 3. The van der Waals surface area contributed by atoms with Crippen LogP contribution in [0.3, 0.4) is 0 Å². The minimum absolute atomic E-state index is 0.0113. The Hall–Kier alpha value is -1.84. The largest absolute Gasteiger partial charge is 0.466 e. The molecule has 4 nitrogen and oxygen atoms in total. The Kier molecular flexibility index (Phi) is 5.45. The predicted octanol–water partition coefficient (Wildman–Crippen LogP) is 3.54. The molecule has 1 aliphatic carbocycles. The first kappa shape index (κ1) is 17.5. The Morgan fingerprint density at radius 2 is 1.78 bits per heavy atom. The highest BCUT2D eigenvalue weighted by Gasteiger charge is 2.33. The topological polar surface area (TPSA) is 46.6 Å². The van der Waals surface area contributed by atoms with E-state index in [9.17, 15) is 9.59 Å². The molecule has 0 radical (unpaired) electrons. The van der Waals surface area contributed by atoms with Crippen molar-refractivity contribution in [3.8, 4) is 0 Å². The van der Waals surface area contributed by atoms with Crippen LogP contribution in [0.5, 0.6) is 0 Å². The van der Waals surface area contributed by atoms with E-state index in [0.717, 1.165) is 12.8 Å². The summed E-state index contributed by atoms with van der Waals surface area (Å²) in [6.07, 6.45) is 2.30. The molecule has 0 N–H and O–H groups in total. The zero-order valence-electron chi connectivity index (χ0n) is 14.6. The van der Waals surface area contributed by atoms with Gasteiger partial charge in [-0.25, -0.2) is 0 Å². The average molecular weight is 317 g/mol. The Balaban J connectivity index is 2.04. The molecule has 0 aromatic heterocycles. The second-order valence-electron chi connectivity index (χ2n) is 7.11. The van der Waals surface area contributed by atoms with E-state index < -0.39 is 0 Å². The van der Waals surface area contributed by atoms with E-state index in [2.05, 4.69) is 20.8 Å². The molecule has 0 unspecified atom stereocenters. The van der Waals surface area contributed by atoms with Crippen LogP contribution < -0.4 is 0 Å². The Morgan fingerprint density at radius 1 is 1.17 bits per heavy atom. The van der Waals surface area contributed by atoms with Crippen LogP contribution in [0.25, 0.3) is 0 Å². The van der Waals surface area contributed by atoms with Gasteiger partial charge in [-0.1, -0.05) is 32.9 Å². The van der Waals surface area contributed by atoms with Crippen molar-refractivity contribution in [2.24, 2.45) is 0 Å². The summed E-state index contributed by atoms with van der Waals surface area (Å²) in [5, 5.41) is 0. The molecule has 23 heavy (non-hydrogen) atoms. The van der Waals surface area contributed by atoms with Gasteiger partial charge < -0.3 is 9.64 Å². The van der Waals surface area contributed by atoms with Crippen molar-refractivity contribution < 1.29 is 14.3 Å². The molecule has 1 aliphatic rings. The number of carbonyl (C=O) groups is 2. The fourth-order valence-electron chi connectivity index (χ4n) is 2.56. The van der Waals surface area contributed by atoms with E-state index in [1.807, 2.05) is 29.2 Å². The van der Waals surface area contributed by atoms with Crippen molar-refractivity contribution in [2.45, 2.75) is 58.4 Å². The molecule has 2 rings (SSSR count). The highest BCUT2D eigenvalue weighted by Crippen LogP contribution is 2.29. The highest BCUT2D eigenvalue weighted by molar-refractivity contribution is 5.94. The van der Waals surface area contributed by atoms with Crippen LogP contribution in [0.2, 0.25) is 0 Å². The monoisotopic (exact) mass is 317 g/mol. The lowest BCUT2D eigenvalue weighted by Gasteiger charge is -2.23. The van der Waals surface area contributed by atoms with Gasteiger partial charge in [-0.2, -0.15) is 0 Å². The van der Waals surface area contributed by atoms with E-state index in [-0.39, 0.29) is 29.8 Å². The van der Waals surface area contributed by atoms with Crippen LogP contribution in [-0.2, 0) is 14.9 Å². The van der Waals surface area contributed by atoms with Crippen LogP contribution in [0.1, 0.15) is 62.9 Å². The minimum atomic E-state index is -0.242. The molecule has 1 fully saturated rings. The summed E-state index contributed by atoms with van der Waals surface area (Å²) in [6, 6.07) is 8.10. The molecule has 0 atom stereocenters. The van der Waals surface area contributed by atoms with E-state index in [0.29, 0.717) is 18.7 Å². The van der Waals surface area contributed by atoms with E-state index >= 15 is 0 Å². The third-order valence-electron chi connectivity index (χ3n) is 4.11. The second-order valence-corrected chi connectivity index (χ2v) is 7.11. The van der Waals surface area contributed by atoms with Crippen molar-refractivity contribution in [1.82, 2.24) is 4.90 Å². The van der Waals surface area contributed by atoms with E-state index in [1.165, 1.54) is 5.56 Å². The quantitative estimate of drug-likeness (QED) is 0.754. The lowest BCUT2D eigenvalue weighted by atomic mass is 9.86. The maximum Gasteiger partial charge on any atom is 0.307 e. The van der Waals surface area contributed by atoms with Crippen molar-refractivity contribution in [2.75, 3.05) is 13.2 Å². The third-order valence-corrected chi connectivity index (χ3v) is 4.11. The zero-order valence-corrected chi connectivity index (χ0v) is 14.6. The molecule has 1 aromatic carbocycles. The maximum absolute atomic E-state index is 12.7. The lowest BCUT2D eigenvalue weighted by Crippen LogP contribution is -2.35. The maximum atomic E-state index is 12.7. The number of carbonyl (C=O) groups excluding carboxylic acids is 2. The molecule has 0 spiro atoms. The van der Waals surface area contributed by atoms with Gasteiger partial charge in [0.1, 0.15) is 0 Å². The Morgan fingerprint density at radius 3 is 2.26 bits per heavy atom. The lowest BCUT2D eigenvalue weighted by molar-refractivity contribution is -0.143. The molecular weight excluding hydrogens is 290 g/mol. The van der Waals surface area contributed by atoms with Crippen molar-refractivity contribution in [3.05, 3.63) is 35.4 Å². The summed E-state index contributed by atoms with van der Waals surface area (Å²) in [7, 11) is 0.